The van der Waals surface area contributed by atoms with Gasteiger partial charge in [-0.15, -0.1) is 11.3 Å². The predicted octanol–water partition coefficient (Wildman–Crippen LogP) is 2.26. The van der Waals surface area contributed by atoms with E-state index in [1.54, 1.807) is 18.4 Å². The van der Waals surface area contributed by atoms with Gasteiger partial charge in [0.05, 0.1) is 16.8 Å². The highest BCUT2D eigenvalue weighted by molar-refractivity contribution is 7.13. The molecule has 0 atom stereocenters. The van der Waals surface area contributed by atoms with Crippen LogP contribution in [-0.2, 0) is 11.3 Å². The summed E-state index contributed by atoms with van der Waals surface area (Å²) in [4.78, 5) is 1.23. The van der Waals surface area contributed by atoms with Crippen LogP contribution in [0.4, 0.5) is 0 Å². The Hall–Kier alpha value is -1.17. The smallest absolute Gasteiger partial charge is 0.0794 e. The molecule has 2 rings (SSSR count). The van der Waals surface area contributed by atoms with E-state index in [1.807, 2.05) is 6.20 Å². The van der Waals surface area contributed by atoms with E-state index >= 15 is 0 Å². The molecule has 2 aromatic rings. The van der Waals surface area contributed by atoms with Crippen molar-refractivity contribution in [1.29, 1.82) is 0 Å². The van der Waals surface area contributed by atoms with Crippen LogP contribution >= 0.6 is 11.3 Å². The minimum absolute atomic E-state index is 0.802. The van der Waals surface area contributed by atoms with E-state index in [0.717, 1.165) is 31.8 Å². The Balaban J connectivity index is 1.87. The standard InChI is InChI=1S/C12H17N3OS/c1-16-6-3-5-13-8-10-9-14-15-12(10)11-4-2-7-17-11/h2,4,7,9,13H,3,5-6,8H2,1H3,(H,14,15). The summed E-state index contributed by atoms with van der Waals surface area (Å²) in [7, 11) is 1.73. The molecule has 2 N–H and O–H groups in total. The molecule has 92 valence electrons. The normalized spacial score (nSPS) is 10.9. The van der Waals surface area contributed by atoms with Crippen molar-refractivity contribution in [2.45, 2.75) is 13.0 Å². The molecule has 2 heterocycles. The second-order valence-electron chi connectivity index (χ2n) is 3.77. The molecule has 0 fully saturated rings. The van der Waals surface area contributed by atoms with Crippen molar-refractivity contribution in [3.8, 4) is 10.6 Å². The molecule has 17 heavy (non-hydrogen) atoms. The molecule has 0 saturated carbocycles. The lowest BCUT2D eigenvalue weighted by Gasteiger charge is -2.04. The van der Waals surface area contributed by atoms with E-state index < -0.39 is 0 Å². The van der Waals surface area contributed by atoms with Gasteiger partial charge >= 0.3 is 0 Å². The molecule has 0 unspecified atom stereocenters. The van der Waals surface area contributed by atoms with Gasteiger partial charge in [0.2, 0.25) is 0 Å². The summed E-state index contributed by atoms with van der Waals surface area (Å²) < 4.78 is 5.00. The monoisotopic (exact) mass is 251 g/mol. The van der Waals surface area contributed by atoms with E-state index in [0.29, 0.717) is 0 Å². The number of nitrogens with one attached hydrogen (secondary N) is 2. The molecular formula is C12H17N3OS. The van der Waals surface area contributed by atoms with Crippen molar-refractivity contribution in [3.63, 3.8) is 0 Å². The van der Waals surface area contributed by atoms with Crippen LogP contribution in [0, 0.1) is 0 Å². The Labute approximate surface area is 105 Å². The summed E-state index contributed by atoms with van der Waals surface area (Å²) >= 11 is 1.72. The van der Waals surface area contributed by atoms with Crippen LogP contribution in [0.25, 0.3) is 10.6 Å². The molecule has 0 saturated heterocycles. The van der Waals surface area contributed by atoms with E-state index in [4.69, 9.17) is 4.74 Å². The van der Waals surface area contributed by atoms with Crippen molar-refractivity contribution in [2.75, 3.05) is 20.3 Å². The summed E-state index contributed by atoms with van der Waals surface area (Å²) in [5, 5.41) is 12.6. The first-order chi connectivity index (χ1) is 8.42. The van der Waals surface area contributed by atoms with E-state index in [-0.39, 0.29) is 0 Å². The SMILES string of the molecule is COCCCNCc1cn[nH]c1-c1cccs1. The van der Waals surface area contributed by atoms with Gasteiger partial charge < -0.3 is 10.1 Å². The third-order valence-electron chi connectivity index (χ3n) is 2.50. The lowest BCUT2D eigenvalue weighted by molar-refractivity contribution is 0.194. The van der Waals surface area contributed by atoms with Gasteiger partial charge in [0.1, 0.15) is 0 Å². The molecule has 5 heteroatoms. The van der Waals surface area contributed by atoms with Gasteiger partial charge in [0, 0.05) is 25.8 Å². The minimum atomic E-state index is 0.802. The number of ether oxygens (including phenoxy) is 1. The van der Waals surface area contributed by atoms with Crippen LogP contribution in [0.15, 0.2) is 23.7 Å². The fraction of sp³-hybridized carbons (Fsp3) is 0.417. The molecule has 0 aliphatic rings. The summed E-state index contributed by atoms with van der Waals surface area (Å²) in [6.45, 7) is 2.60. The fourth-order valence-corrected chi connectivity index (χ4v) is 2.40. The predicted molar refractivity (Wildman–Crippen MR) is 70.1 cm³/mol. The molecule has 0 amide bonds. The largest absolute Gasteiger partial charge is 0.385 e. The molecule has 0 aliphatic heterocycles. The zero-order valence-corrected chi connectivity index (χ0v) is 10.7. The van der Waals surface area contributed by atoms with E-state index in [9.17, 15) is 0 Å². The number of aromatic amines is 1. The molecule has 0 aromatic carbocycles. The number of nitrogens with zero attached hydrogens (tertiary/aromatic N) is 1. The number of hydrogen-bond donors (Lipinski definition) is 2. The highest BCUT2D eigenvalue weighted by atomic mass is 32.1. The van der Waals surface area contributed by atoms with Crippen molar-refractivity contribution in [1.82, 2.24) is 15.5 Å². The van der Waals surface area contributed by atoms with Crippen molar-refractivity contribution in [3.05, 3.63) is 29.3 Å². The average molecular weight is 251 g/mol. The van der Waals surface area contributed by atoms with Gasteiger partial charge in [-0.3, -0.25) is 5.10 Å². The number of aromatic nitrogens is 2. The van der Waals surface area contributed by atoms with Crippen LogP contribution in [-0.4, -0.2) is 30.5 Å². The van der Waals surface area contributed by atoms with Crippen LogP contribution in [0.2, 0.25) is 0 Å². The second-order valence-corrected chi connectivity index (χ2v) is 4.72. The average Bonchev–Trinajstić information content (AvgIpc) is 2.98. The maximum atomic E-state index is 5.00. The topological polar surface area (TPSA) is 49.9 Å². The number of hydrogen-bond acceptors (Lipinski definition) is 4. The van der Waals surface area contributed by atoms with Crippen molar-refractivity contribution < 1.29 is 4.74 Å². The molecular weight excluding hydrogens is 234 g/mol. The zero-order chi connectivity index (χ0) is 11.9. The summed E-state index contributed by atoms with van der Waals surface area (Å²) in [5.41, 5.74) is 2.34. The second kappa shape index (κ2) is 6.54. The number of rotatable bonds is 7. The number of methoxy groups -OCH3 is 1. The summed E-state index contributed by atoms with van der Waals surface area (Å²) in [6.07, 6.45) is 2.92. The molecule has 4 nitrogen and oxygen atoms in total. The number of H-pyrrole nitrogens is 1. The van der Waals surface area contributed by atoms with E-state index in [2.05, 4.69) is 33.0 Å². The van der Waals surface area contributed by atoms with Gasteiger partial charge in [0.25, 0.3) is 0 Å². The van der Waals surface area contributed by atoms with Crippen molar-refractivity contribution >= 4 is 11.3 Å². The molecule has 0 radical (unpaired) electrons. The van der Waals surface area contributed by atoms with Gasteiger partial charge in [-0.05, 0) is 24.4 Å². The Morgan fingerprint density at radius 3 is 3.24 bits per heavy atom. The lowest BCUT2D eigenvalue weighted by atomic mass is 10.2. The van der Waals surface area contributed by atoms with Gasteiger partial charge in [0.15, 0.2) is 0 Å². The van der Waals surface area contributed by atoms with Gasteiger partial charge in [-0.2, -0.15) is 5.10 Å². The maximum Gasteiger partial charge on any atom is 0.0794 e. The summed E-state index contributed by atoms with van der Waals surface area (Å²) in [5.74, 6) is 0. The van der Waals surface area contributed by atoms with Crippen LogP contribution in [0.1, 0.15) is 12.0 Å². The molecule has 0 aliphatic carbocycles. The highest BCUT2D eigenvalue weighted by Gasteiger charge is 2.07. The van der Waals surface area contributed by atoms with Gasteiger partial charge in [-0.1, -0.05) is 6.07 Å². The first-order valence-electron chi connectivity index (χ1n) is 5.67. The van der Waals surface area contributed by atoms with Crippen LogP contribution in [0.5, 0.6) is 0 Å². The summed E-state index contributed by atoms with van der Waals surface area (Å²) in [6, 6.07) is 4.16. The third-order valence-corrected chi connectivity index (χ3v) is 3.39. The highest BCUT2D eigenvalue weighted by Crippen LogP contribution is 2.25. The first kappa shape index (κ1) is 12.3. The quantitative estimate of drug-likeness (QED) is 0.742. The Bertz CT molecular complexity index is 425. The Morgan fingerprint density at radius 1 is 1.53 bits per heavy atom. The minimum Gasteiger partial charge on any atom is -0.385 e. The zero-order valence-electron chi connectivity index (χ0n) is 9.90. The first-order valence-corrected chi connectivity index (χ1v) is 6.55. The van der Waals surface area contributed by atoms with Crippen LogP contribution < -0.4 is 5.32 Å². The molecule has 2 aromatic heterocycles. The lowest BCUT2D eigenvalue weighted by Crippen LogP contribution is -2.16. The van der Waals surface area contributed by atoms with Crippen LogP contribution in [0.3, 0.4) is 0 Å². The van der Waals surface area contributed by atoms with Crippen molar-refractivity contribution in [2.24, 2.45) is 0 Å². The Morgan fingerprint density at radius 2 is 2.47 bits per heavy atom. The van der Waals surface area contributed by atoms with E-state index in [1.165, 1.54) is 10.4 Å². The molecule has 0 spiro atoms. The number of thiophene rings is 1. The Kier molecular flexibility index (Phi) is 4.73. The van der Waals surface area contributed by atoms with Gasteiger partial charge in [-0.25, -0.2) is 0 Å². The third kappa shape index (κ3) is 3.39. The molecule has 0 bridgehead atoms. The maximum absolute atomic E-state index is 5.00. The fourth-order valence-electron chi connectivity index (χ4n) is 1.64.